The van der Waals surface area contributed by atoms with Gasteiger partial charge in [-0.25, -0.2) is 4.98 Å². The molecule has 0 aliphatic rings. The third-order valence-corrected chi connectivity index (χ3v) is 3.37. The van der Waals surface area contributed by atoms with E-state index in [1.165, 1.54) is 0 Å². The maximum atomic E-state index is 12.3. The fourth-order valence-electron chi connectivity index (χ4n) is 2.09. The molecule has 3 nitrogen and oxygen atoms in total. The molecule has 0 aliphatic heterocycles. The SMILES string of the molecule is O=C(Nc1ccccc1)c1cccc(-c2cccc(Cl)c2)n1. The fraction of sp³-hybridized carbons (Fsp3) is 0. The molecule has 0 atom stereocenters. The maximum absolute atomic E-state index is 12.3. The zero-order valence-electron chi connectivity index (χ0n) is 11.7. The van der Waals surface area contributed by atoms with Crippen LogP contribution in [0.4, 0.5) is 5.69 Å². The number of pyridine rings is 1. The summed E-state index contributed by atoms with van der Waals surface area (Å²) in [6.45, 7) is 0. The molecule has 0 fully saturated rings. The van der Waals surface area contributed by atoms with Crippen molar-refractivity contribution >= 4 is 23.2 Å². The van der Waals surface area contributed by atoms with Gasteiger partial charge in [0.25, 0.3) is 5.91 Å². The van der Waals surface area contributed by atoms with E-state index in [-0.39, 0.29) is 5.91 Å². The van der Waals surface area contributed by atoms with E-state index in [0.717, 1.165) is 11.3 Å². The molecule has 0 radical (unpaired) electrons. The number of halogens is 1. The van der Waals surface area contributed by atoms with E-state index in [9.17, 15) is 4.79 Å². The predicted octanol–water partition coefficient (Wildman–Crippen LogP) is 4.65. The van der Waals surface area contributed by atoms with Gasteiger partial charge in [0.2, 0.25) is 0 Å². The van der Waals surface area contributed by atoms with Gasteiger partial charge in [0.1, 0.15) is 5.69 Å². The van der Waals surface area contributed by atoms with Gasteiger partial charge in [-0.05, 0) is 36.4 Å². The summed E-state index contributed by atoms with van der Waals surface area (Å²) in [6.07, 6.45) is 0. The van der Waals surface area contributed by atoms with Crippen LogP contribution in [0, 0.1) is 0 Å². The maximum Gasteiger partial charge on any atom is 0.274 e. The highest BCUT2D eigenvalue weighted by Crippen LogP contribution is 2.21. The largest absolute Gasteiger partial charge is 0.321 e. The van der Waals surface area contributed by atoms with Crippen molar-refractivity contribution in [3.8, 4) is 11.3 Å². The zero-order valence-corrected chi connectivity index (χ0v) is 12.4. The molecule has 1 heterocycles. The van der Waals surface area contributed by atoms with Crippen molar-refractivity contribution in [3.05, 3.63) is 83.5 Å². The quantitative estimate of drug-likeness (QED) is 0.765. The van der Waals surface area contributed by atoms with Crippen molar-refractivity contribution < 1.29 is 4.79 Å². The Labute approximate surface area is 133 Å². The average molecular weight is 309 g/mol. The van der Waals surface area contributed by atoms with Gasteiger partial charge in [-0.1, -0.05) is 48.0 Å². The summed E-state index contributed by atoms with van der Waals surface area (Å²) in [5.41, 5.74) is 2.69. The van der Waals surface area contributed by atoms with Crippen LogP contribution in [0.3, 0.4) is 0 Å². The van der Waals surface area contributed by atoms with E-state index in [1.54, 1.807) is 12.1 Å². The molecule has 0 aliphatic carbocycles. The van der Waals surface area contributed by atoms with Crippen LogP contribution >= 0.6 is 11.6 Å². The van der Waals surface area contributed by atoms with Gasteiger partial charge in [-0.15, -0.1) is 0 Å². The minimum Gasteiger partial charge on any atom is -0.321 e. The van der Waals surface area contributed by atoms with Gasteiger partial charge in [-0.3, -0.25) is 4.79 Å². The number of anilines is 1. The summed E-state index contributed by atoms with van der Waals surface area (Å²) in [6, 6.07) is 22.0. The summed E-state index contributed by atoms with van der Waals surface area (Å²) in [4.78, 5) is 16.7. The molecule has 4 heteroatoms. The van der Waals surface area contributed by atoms with E-state index in [4.69, 9.17) is 11.6 Å². The number of para-hydroxylation sites is 1. The lowest BCUT2D eigenvalue weighted by atomic mass is 10.1. The highest BCUT2D eigenvalue weighted by molar-refractivity contribution is 6.30. The van der Waals surface area contributed by atoms with Crippen LogP contribution in [-0.2, 0) is 0 Å². The van der Waals surface area contributed by atoms with Crippen molar-refractivity contribution in [1.82, 2.24) is 4.98 Å². The lowest BCUT2D eigenvalue weighted by molar-refractivity contribution is 0.102. The Morgan fingerprint density at radius 2 is 1.68 bits per heavy atom. The summed E-state index contributed by atoms with van der Waals surface area (Å²) >= 11 is 6.00. The molecular formula is C18H13ClN2O. The van der Waals surface area contributed by atoms with E-state index >= 15 is 0 Å². The topological polar surface area (TPSA) is 42.0 Å². The van der Waals surface area contributed by atoms with Crippen molar-refractivity contribution in [3.63, 3.8) is 0 Å². The zero-order chi connectivity index (χ0) is 15.4. The smallest absolute Gasteiger partial charge is 0.274 e. The van der Waals surface area contributed by atoms with Gasteiger partial charge in [0.15, 0.2) is 0 Å². The Kier molecular flexibility index (Phi) is 4.17. The van der Waals surface area contributed by atoms with Crippen LogP contribution in [0.15, 0.2) is 72.8 Å². The number of nitrogens with zero attached hydrogens (tertiary/aromatic N) is 1. The van der Waals surface area contributed by atoms with E-state index in [0.29, 0.717) is 16.4 Å². The van der Waals surface area contributed by atoms with Gasteiger partial charge in [0.05, 0.1) is 5.69 Å². The molecule has 1 N–H and O–H groups in total. The number of carbonyl (C=O) groups excluding carboxylic acids is 1. The molecule has 0 bridgehead atoms. The summed E-state index contributed by atoms with van der Waals surface area (Å²) in [5.74, 6) is -0.241. The van der Waals surface area contributed by atoms with Gasteiger partial charge in [-0.2, -0.15) is 0 Å². The number of hydrogen-bond acceptors (Lipinski definition) is 2. The number of rotatable bonds is 3. The Bertz CT molecular complexity index is 803. The lowest BCUT2D eigenvalue weighted by Crippen LogP contribution is -2.13. The second kappa shape index (κ2) is 6.41. The number of carbonyl (C=O) groups is 1. The summed E-state index contributed by atoms with van der Waals surface area (Å²) in [7, 11) is 0. The Balaban J connectivity index is 1.86. The molecule has 0 spiro atoms. The second-order valence-electron chi connectivity index (χ2n) is 4.74. The Morgan fingerprint density at radius 1 is 0.909 bits per heavy atom. The van der Waals surface area contributed by atoms with E-state index < -0.39 is 0 Å². The molecule has 0 saturated carbocycles. The van der Waals surface area contributed by atoms with E-state index in [1.807, 2.05) is 60.7 Å². The van der Waals surface area contributed by atoms with Crippen molar-refractivity contribution in [2.75, 3.05) is 5.32 Å². The second-order valence-corrected chi connectivity index (χ2v) is 5.18. The minimum absolute atomic E-state index is 0.241. The van der Waals surface area contributed by atoms with Crippen LogP contribution in [-0.4, -0.2) is 10.9 Å². The molecule has 1 amide bonds. The number of benzene rings is 2. The molecule has 108 valence electrons. The predicted molar refractivity (Wildman–Crippen MR) is 89.1 cm³/mol. The van der Waals surface area contributed by atoms with Crippen LogP contribution < -0.4 is 5.32 Å². The van der Waals surface area contributed by atoms with Gasteiger partial charge >= 0.3 is 0 Å². The first-order valence-electron chi connectivity index (χ1n) is 6.82. The van der Waals surface area contributed by atoms with Crippen LogP contribution in [0.1, 0.15) is 10.5 Å². The van der Waals surface area contributed by atoms with Crippen LogP contribution in [0.2, 0.25) is 5.02 Å². The summed E-state index contributed by atoms with van der Waals surface area (Å²) in [5, 5.41) is 3.46. The highest BCUT2D eigenvalue weighted by Gasteiger charge is 2.09. The molecule has 3 aromatic rings. The number of hydrogen-bond donors (Lipinski definition) is 1. The Hall–Kier alpha value is -2.65. The fourth-order valence-corrected chi connectivity index (χ4v) is 2.28. The van der Waals surface area contributed by atoms with E-state index in [2.05, 4.69) is 10.3 Å². The monoisotopic (exact) mass is 308 g/mol. The first-order valence-corrected chi connectivity index (χ1v) is 7.19. The summed E-state index contributed by atoms with van der Waals surface area (Å²) < 4.78 is 0. The average Bonchev–Trinajstić information content (AvgIpc) is 2.56. The molecule has 0 unspecified atom stereocenters. The molecule has 1 aromatic heterocycles. The van der Waals surface area contributed by atoms with Crippen LogP contribution in [0.5, 0.6) is 0 Å². The normalized spacial score (nSPS) is 10.2. The molecule has 0 saturated heterocycles. The third kappa shape index (κ3) is 3.32. The first kappa shape index (κ1) is 14.3. The lowest BCUT2D eigenvalue weighted by Gasteiger charge is -2.06. The molecular weight excluding hydrogens is 296 g/mol. The Morgan fingerprint density at radius 3 is 2.45 bits per heavy atom. The van der Waals surface area contributed by atoms with Gasteiger partial charge < -0.3 is 5.32 Å². The molecule has 2 aromatic carbocycles. The van der Waals surface area contributed by atoms with Crippen molar-refractivity contribution in [2.24, 2.45) is 0 Å². The van der Waals surface area contributed by atoms with Gasteiger partial charge in [0, 0.05) is 16.3 Å². The minimum atomic E-state index is -0.241. The number of nitrogens with one attached hydrogen (secondary N) is 1. The van der Waals surface area contributed by atoms with Crippen molar-refractivity contribution in [2.45, 2.75) is 0 Å². The highest BCUT2D eigenvalue weighted by atomic mass is 35.5. The third-order valence-electron chi connectivity index (χ3n) is 3.13. The first-order chi connectivity index (χ1) is 10.7. The number of aromatic nitrogens is 1. The van der Waals surface area contributed by atoms with Crippen LogP contribution in [0.25, 0.3) is 11.3 Å². The molecule has 3 rings (SSSR count). The number of amides is 1. The van der Waals surface area contributed by atoms with Crippen molar-refractivity contribution in [1.29, 1.82) is 0 Å². The standard InChI is InChI=1S/C18H13ClN2O/c19-14-7-4-6-13(12-14)16-10-5-11-17(21-16)18(22)20-15-8-2-1-3-9-15/h1-12H,(H,20,22). The molecule has 22 heavy (non-hydrogen) atoms.